The van der Waals surface area contributed by atoms with Crippen molar-refractivity contribution in [3.8, 4) is 0 Å². The zero-order valence-corrected chi connectivity index (χ0v) is 7.05. The Kier molecular flexibility index (Phi) is 3.10. The molecule has 1 nitrogen and oxygen atoms in total. The van der Waals surface area contributed by atoms with Gasteiger partial charge in [-0.05, 0) is 11.1 Å². The van der Waals surface area contributed by atoms with Crippen LogP contribution >= 0.6 is 0 Å². The second-order valence-corrected chi connectivity index (χ2v) is 2.80. The van der Waals surface area contributed by atoms with Gasteiger partial charge in [0.1, 0.15) is 0 Å². The summed E-state index contributed by atoms with van der Waals surface area (Å²) in [5.74, 6) is 0. The molecule has 0 aliphatic heterocycles. The number of alkyl halides is 4. The highest BCUT2D eigenvalue weighted by Gasteiger charge is 2.41. The van der Waals surface area contributed by atoms with Gasteiger partial charge < -0.3 is 5.11 Å². The molecule has 0 amide bonds. The summed E-state index contributed by atoms with van der Waals surface area (Å²) >= 11 is 0. The van der Waals surface area contributed by atoms with Crippen LogP contribution in [0.1, 0.15) is 17.3 Å². The summed E-state index contributed by atoms with van der Waals surface area (Å²) in [4.78, 5) is 0. The second-order valence-electron chi connectivity index (χ2n) is 2.80. The van der Waals surface area contributed by atoms with Gasteiger partial charge in [0, 0.05) is 0 Å². The molecule has 0 aromatic heterocycles. The molecule has 0 spiro atoms. The highest BCUT2D eigenvalue weighted by Crippen LogP contribution is 2.35. The van der Waals surface area contributed by atoms with E-state index in [2.05, 4.69) is 0 Å². The molecule has 1 unspecified atom stereocenters. The molecule has 0 saturated carbocycles. The molecule has 0 heterocycles. The molecule has 1 aromatic rings. The Bertz CT molecular complexity index is 291. The average molecular weight is 208 g/mol. The molecule has 1 N–H and O–H groups in total. The lowest BCUT2D eigenvalue weighted by atomic mass is 10.1. The lowest BCUT2D eigenvalue weighted by molar-refractivity contribution is -0.182. The first kappa shape index (κ1) is 11.0. The van der Waals surface area contributed by atoms with Gasteiger partial charge in [-0.1, -0.05) is 24.3 Å². The molecular weight excluding hydrogens is 200 g/mol. The number of hydrogen-bond donors (Lipinski definition) is 1. The molecular formula is C9H8F4O. The van der Waals surface area contributed by atoms with Crippen molar-refractivity contribution in [3.05, 3.63) is 35.4 Å². The highest BCUT2D eigenvalue weighted by molar-refractivity contribution is 5.24. The summed E-state index contributed by atoms with van der Waals surface area (Å²) in [5.41, 5.74) is -0.00201. The van der Waals surface area contributed by atoms with Gasteiger partial charge in [0.05, 0.1) is 6.61 Å². The summed E-state index contributed by atoms with van der Waals surface area (Å²) in [6.45, 7) is -0.275. The Morgan fingerprint density at radius 1 is 1.14 bits per heavy atom. The third kappa shape index (κ3) is 2.45. The number of aliphatic hydroxyl groups is 1. The average Bonchev–Trinajstić information content (AvgIpc) is 2.15. The van der Waals surface area contributed by atoms with Crippen LogP contribution in [0.2, 0.25) is 0 Å². The van der Waals surface area contributed by atoms with E-state index >= 15 is 0 Å². The largest absolute Gasteiger partial charge is 0.423 e. The van der Waals surface area contributed by atoms with E-state index in [0.29, 0.717) is 5.56 Å². The van der Waals surface area contributed by atoms with E-state index in [1.807, 2.05) is 0 Å². The van der Waals surface area contributed by atoms with Crippen molar-refractivity contribution in [1.82, 2.24) is 0 Å². The van der Waals surface area contributed by atoms with Crippen molar-refractivity contribution in [1.29, 1.82) is 0 Å². The Balaban J connectivity index is 2.87. The molecule has 0 aliphatic carbocycles. The lowest BCUT2D eigenvalue weighted by Crippen LogP contribution is -2.16. The maximum Gasteiger partial charge on any atom is 0.423 e. The molecule has 14 heavy (non-hydrogen) atoms. The molecule has 0 radical (unpaired) electrons. The van der Waals surface area contributed by atoms with E-state index < -0.39 is 17.9 Å². The molecule has 1 atom stereocenters. The molecule has 5 heteroatoms. The van der Waals surface area contributed by atoms with E-state index in [-0.39, 0.29) is 6.61 Å². The van der Waals surface area contributed by atoms with Crippen molar-refractivity contribution < 1.29 is 22.7 Å². The fraction of sp³-hybridized carbons (Fsp3) is 0.333. The molecule has 0 fully saturated rings. The molecule has 78 valence electrons. The van der Waals surface area contributed by atoms with Gasteiger partial charge in [0.2, 0.25) is 6.17 Å². The quantitative estimate of drug-likeness (QED) is 0.741. The first-order valence-electron chi connectivity index (χ1n) is 3.85. The van der Waals surface area contributed by atoms with E-state index in [4.69, 9.17) is 5.11 Å². The van der Waals surface area contributed by atoms with Crippen LogP contribution in [-0.4, -0.2) is 11.3 Å². The normalized spacial score (nSPS) is 14.1. The molecule has 0 saturated heterocycles. The van der Waals surface area contributed by atoms with Crippen LogP contribution in [0.15, 0.2) is 24.3 Å². The minimum Gasteiger partial charge on any atom is -0.392 e. The zero-order valence-electron chi connectivity index (χ0n) is 7.05. The monoisotopic (exact) mass is 208 g/mol. The summed E-state index contributed by atoms with van der Waals surface area (Å²) in [6.07, 6.45) is -7.84. The third-order valence-electron chi connectivity index (χ3n) is 1.74. The van der Waals surface area contributed by atoms with Gasteiger partial charge in [-0.15, -0.1) is 0 Å². The van der Waals surface area contributed by atoms with Crippen molar-refractivity contribution in [2.24, 2.45) is 0 Å². The maximum atomic E-state index is 12.7. The summed E-state index contributed by atoms with van der Waals surface area (Å²) in [5, 5.41) is 8.61. The van der Waals surface area contributed by atoms with Crippen molar-refractivity contribution >= 4 is 0 Å². The number of halogens is 4. The van der Waals surface area contributed by atoms with Crippen LogP contribution in [0.5, 0.6) is 0 Å². The van der Waals surface area contributed by atoms with Gasteiger partial charge in [-0.3, -0.25) is 0 Å². The molecule has 1 aromatic carbocycles. The minimum absolute atomic E-state index is 0.275. The predicted molar refractivity (Wildman–Crippen MR) is 42.3 cm³/mol. The van der Waals surface area contributed by atoms with Crippen molar-refractivity contribution in [2.75, 3.05) is 0 Å². The Morgan fingerprint density at radius 2 is 1.64 bits per heavy atom. The van der Waals surface area contributed by atoms with Crippen LogP contribution in [-0.2, 0) is 6.61 Å². The van der Waals surface area contributed by atoms with Gasteiger partial charge in [0.25, 0.3) is 0 Å². The topological polar surface area (TPSA) is 20.2 Å². The fourth-order valence-corrected chi connectivity index (χ4v) is 0.981. The van der Waals surface area contributed by atoms with Crippen LogP contribution in [0.3, 0.4) is 0 Å². The fourth-order valence-electron chi connectivity index (χ4n) is 0.981. The van der Waals surface area contributed by atoms with E-state index in [1.165, 1.54) is 12.1 Å². The van der Waals surface area contributed by atoms with Crippen molar-refractivity contribution in [3.63, 3.8) is 0 Å². The molecule has 0 bridgehead atoms. The van der Waals surface area contributed by atoms with Crippen LogP contribution in [0.4, 0.5) is 17.6 Å². The van der Waals surface area contributed by atoms with Gasteiger partial charge >= 0.3 is 6.18 Å². The standard InChI is InChI=1S/C9H8F4O/c10-8(9(11,12)13)7-3-1-6(5-14)2-4-7/h1-4,8,14H,5H2. The van der Waals surface area contributed by atoms with E-state index in [0.717, 1.165) is 12.1 Å². The smallest absolute Gasteiger partial charge is 0.392 e. The first-order valence-corrected chi connectivity index (χ1v) is 3.85. The Hall–Kier alpha value is -1.10. The minimum atomic E-state index is -4.87. The van der Waals surface area contributed by atoms with E-state index in [9.17, 15) is 17.6 Å². The second kappa shape index (κ2) is 3.96. The maximum absolute atomic E-state index is 12.7. The number of aliphatic hydroxyl groups excluding tert-OH is 1. The third-order valence-corrected chi connectivity index (χ3v) is 1.74. The predicted octanol–water partition coefficient (Wildman–Crippen LogP) is 2.75. The van der Waals surface area contributed by atoms with Gasteiger partial charge in [-0.2, -0.15) is 13.2 Å². The number of rotatable bonds is 2. The van der Waals surface area contributed by atoms with Gasteiger partial charge in [-0.25, -0.2) is 4.39 Å². The van der Waals surface area contributed by atoms with Crippen molar-refractivity contribution in [2.45, 2.75) is 19.0 Å². The lowest BCUT2D eigenvalue weighted by Gasteiger charge is -2.12. The summed E-state index contributed by atoms with van der Waals surface area (Å²) in [6, 6.07) is 4.55. The Morgan fingerprint density at radius 3 is 2.00 bits per heavy atom. The molecule has 0 aliphatic rings. The van der Waals surface area contributed by atoms with Crippen LogP contribution in [0, 0.1) is 0 Å². The van der Waals surface area contributed by atoms with Crippen LogP contribution in [0.25, 0.3) is 0 Å². The number of benzene rings is 1. The van der Waals surface area contributed by atoms with Crippen LogP contribution < -0.4 is 0 Å². The summed E-state index contributed by atoms with van der Waals surface area (Å²) < 4.78 is 48.4. The SMILES string of the molecule is OCc1ccc(C(F)C(F)(F)F)cc1. The van der Waals surface area contributed by atoms with E-state index in [1.54, 1.807) is 0 Å². The summed E-state index contributed by atoms with van der Waals surface area (Å²) in [7, 11) is 0. The molecule has 1 rings (SSSR count). The number of hydrogen-bond acceptors (Lipinski definition) is 1. The Labute approximate surface area is 78.0 Å². The first-order chi connectivity index (χ1) is 6.45. The highest BCUT2D eigenvalue weighted by atomic mass is 19.4. The van der Waals surface area contributed by atoms with Gasteiger partial charge in [0.15, 0.2) is 0 Å². The zero-order chi connectivity index (χ0) is 10.8.